The van der Waals surface area contributed by atoms with Crippen LogP contribution in [0, 0.1) is 12.7 Å². The first-order valence-electron chi connectivity index (χ1n) is 5.15. The highest BCUT2D eigenvalue weighted by atomic mass is 19.1. The van der Waals surface area contributed by atoms with Crippen LogP contribution in [0.15, 0.2) is 30.5 Å². The number of aromatic nitrogens is 2. The molecule has 17 heavy (non-hydrogen) atoms. The Morgan fingerprint density at radius 2 is 2.18 bits per heavy atom. The number of rotatable bonds is 3. The van der Waals surface area contributed by atoms with E-state index >= 15 is 0 Å². The molecule has 0 bridgehead atoms. The molecule has 0 fully saturated rings. The number of nitrogens with two attached hydrogens (primary N) is 1. The zero-order valence-corrected chi connectivity index (χ0v) is 9.35. The van der Waals surface area contributed by atoms with Crippen molar-refractivity contribution in [2.24, 2.45) is 5.73 Å². The number of hydrogen-bond acceptors (Lipinski definition) is 4. The molecule has 0 saturated heterocycles. The predicted molar refractivity (Wildman–Crippen MR) is 61.1 cm³/mol. The molecule has 0 spiro atoms. The number of hydrogen-bond donors (Lipinski definition) is 1. The van der Waals surface area contributed by atoms with E-state index in [9.17, 15) is 4.39 Å². The van der Waals surface area contributed by atoms with Crippen LogP contribution in [0.2, 0.25) is 0 Å². The van der Waals surface area contributed by atoms with Gasteiger partial charge < -0.3 is 10.5 Å². The standard InChI is InChI=1S/C12H12FN3O/c1-8-4-5-15-12(16-8)17-10-3-2-9(7-14)11(13)6-10/h2-6H,7,14H2,1H3. The van der Waals surface area contributed by atoms with Crippen LogP contribution in [-0.2, 0) is 6.54 Å². The second-order valence-corrected chi connectivity index (χ2v) is 3.54. The lowest BCUT2D eigenvalue weighted by molar-refractivity contribution is 0.436. The molecule has 2 rings (SSSR count). The molecule has 0 aliphatic heterocycles. The van der Waals surface area contributed by atoms with Crippen molar-refractivity contribution in [3.63, 3.8) is 0 Å². The Morgan fingerprint density at radius 3 is 2.82 bits per heavy atom. The largest absolute Gasteiger partial charge is 0.424 e. The van der Waals surface area contributed by atoms with Crippen molar-refractivity contribution in [1.29, 1.82) is 0 Å². The van der Waals surface area contributed by atoms with E-state index in [1.54, 1.807) is 24.4 Å². The third-order valence-corrected chi connectivity index (χ3v) is 2.23. The van der Waals surface area contributed by atoms with Crippen molar-refractivity contribution in [2.75, 3.05) is 0 Å². The predicted octanol–water partition coefficient (Wildman–Crippen LogP) is 2.18. The second kappa shape index (κ2) is 4.88. The first-order valence-corrected chi connectivity index (χ1v) is 5.15. The topological polar surface area (TPSA) is 61.0 Å². The molecular weight excluding hydrogens is 221 g/mol. The third kappa shape index (κ3) is 2.76. The highest BCUT2D eigenvalue weighted by molar-refractivity contribution is 5.30. The number of ether oxygens (including phenoxy) is 1. The maximum Gasteiger partial charge on any atom is 0.322 e. The van der Waals surface area contributed by atoms with Gasteiger partial charge in [0, 0.05) is 30.1 Å². The maximum absolute atomic E-state index is 13.4. The minimum atomic E-state index is -0.391. The van der Waals surface area contributed by atoms with Gasteiger partial charge in [0.2, 0.25) is 0 Å². The van der Waals surface area contributed by atoms with Gasteiger partial charge in [0.25, 0.3) is 0 Å². The summed E-state index contributed by atoms with van der Waals surface area (Å²) in [5.41, 5.74) is 6.60. The third-order valence-electron chi connectivity index (χ3n) is 2.23. The lowest BCUT2D eigenvalue weighted by Gasteiger charge is -2.05. The van der Waals surface area contributed by atoms with E-state index in [0.29, 0.717) is 11.3 Å². The van der Waals surface area contributed by atoms with Crippen molar-refractivity contribution in [3.05, 3.63) is 47.5 Å². The van der Waals surface area contributed by atoms with E-state index in [-0.39, 0.29) is 12.6 Å². The Hall–Kier alpha value is -2.01. The number of halogens is 1. The fraction of sp³-hybridized carbons (Fsp3) is 0.167. The van der Waals surface area contributed by atoms with Crippen molar-refractivity contribution in [3.8, 4) is 11.8 Å². The Labute approximate surface area is 98.3 Å². The summed E-state index contributed by atoms with van der Waals surface area (Å²) in [6, 6.07) is 6.45. The first-order chi connectivity index (χ1) is 8.19. The average Bonchev–Trinajstić information content (AvgIpc) is 2.29. The van der Waals surface area contributed by atoms with Crippen LogP contribution < -0.4 is 10.5 Å². The molecule has 5 heteroatoms. The lowest BCUT2D eigenvalue weighted by Crippen LogP contribution is -2.00. The van der Waals surface area contributed by atoms with Crippen molar-refractivity contribution in [1.82, 2.24) is 9.97 Å². The molecular formula is C12H12FN3O. The molecule has 0 radical (unpaired) electrons. The lowest BCUT2D eigenvalue weighted by atomic mass is 10.2. The van der Waals surface area contributed by atoms with Crippen LogP contribution in [0.5, 0.6) is 11.8 Å². The molecule has 0 aliphatic carbocycles. The number of aryl methyl sites for hydroxylation is 1. The Balaban J connectivity index is 2.22. The molecule has 1 aromatic carbocycles. The molecule has 0 unspecified atom stereocenters. The van der Waals surface area contributed by atoms with Crippen LogP contribution >= 0.6 is 0 Å². The van der Waals surface area contributed by atoms with Crippen molar-refractivity contribution < 1.29 is 9.13 Å². The molecule has 0 aliphatic rings. The highest BCUT2D eigenvalue weighted by Crippen LogP contribution is 2.20. The van der Waals surface area contributed by atoms with Crippen LogP contribution in [0.25, 0.3) is 0 Å². The molecule has 0 atom stereocenters. The van der Waals surface area contributed by atoms with Crippen LogP contribution in [0.3, 0.4) is 0 Å². The fourth-order valence-electron chi connectivity index (χ4n) is 1.34. The molecule has 2 aromatic rings. The van der Waals surface area contributed by atoms with Gasteiger partial charge in [-0.2, -0.15) is 0 Å². The first kappa shape index (κ1) is 11.5. The van der Waals surface area contributed by atoms with Gasteiger partial charge in [-0.05, 0) is 19.1 Å². The van der Waals surface area contributed by atoms with Crippen LogP contribution in [0.1, 0.15) is 11.3 Å². The summed E-state index contributed by atoms with van der Waals surface area (Å²) in [4.78, 5) is 7.99. The van der Waals surface area contributed by atoms with E-state index < -0.39 is 5.82 Å². The van der Waals surface area contributed by atoms with Crippen molar-refractivity contribution >= 4 is 0 Å². The maximum atomic E-state index is 13.4. The van der Waals surface area contributed by atoms with Gasteiger partial charge in [-0.1, -0.05) is 6.07 Å². The molecule has 0 amide bonds. The summed E-state index contributed by atoms with van der Waals surface area (Å²) in [7, 11) is 0. The van der Waals surface area contributed by atoms with Gasteiger partial charge in [-0.25, -0.2) is 14.4 Å². The summed E-state index contributed by atoms with van der Waals surface area (Å²) in [6.45, 7) is 1.99. The molecule has 4 nitrogen and oxygen atoms in total. The van der Waals surface area contributed by atoms with E-state index in [1.165, 1.54) is 6.07 Å². The zero-order valence-electron chi connectivity index (χ0n) is 9.35. The van der Waals surface area contributed by atoms with Crippen LogP contribution in [0.4, 0.5) is 4.39 Å². The molecule has 1 aromatic heterocycles. The zero-order chi connectivity index (χ0) is 12.3. The SMILES string of the molecule is Cc1ccnc(Oc2ccc(CN)c(F)c2)n1. The van der Waals surface area contributed by atoms with Gasteiger partial charge >= 0.3 is 6.01 Å². The van der Waals surface area contributed by atoms with E-state index in [4.69, 9.17) is 10.5 Å². The fourth-order valence-corrected chi connectivity index (χ4v) is 1.34. The second-order valence-electron chi connectivity index (χ2n) is 3.54. The van der Waals surface area contributed by atoms with Crippen molar-refractivity contribution in [2.45, 2.75) is 13.5 Å². The molecule has 1 heterocycles. The number of nitrogens with zero attached hydrogens (tertiary/aromatic N) is 2. The van der Waals surface area contributed by atoms with Gasteiger partial charge in [-0.3, -0.25) is 0 Å². The quantitative estimate of drug-likeness (QED) is 0.882. The smallest absolute Gasteiger partial charge is 0.322 e. The minimum Gasteiger partial charge on any atom is -0.424 e. The van der Waals surface area contributed by atoms with E-state index in [1.807, 2.05) is 6.92 Å². The van der Waals surface area contributed by atoms with Gasteiger partial charge in [0.05, 0.1) is 0 Å². The Morgan fingerprint density at radius 1 is 1.35 bits per heavy atom. The molecule has 2 N–H and O–H groups in total. The van der Waals surface area contributed by atoms with E-state index in [0.717, 1.165) is 5.69 Å². The Bertz CT molecular complexity index is 531. The summed E-state index contributed by atoms with van der Waals surface area (Å²) in [5, 5.41) is 0. The summed E-state index contributed by atoms with van der Waals surface area (Å²) in [6.07, 6.45) is 1.59. The average molecular weight is 233 g/mol. The molecule has 88 valence electrons. The van der Waals surface area contributed by atoms with Gasteiger partial charge in [0.1, 0.15) is 11.6 Å². The minimum absolute atomic E-state index is 0.160. The van der Waals surface area contributed by atoms with Gasteiger partial charge in [0.15, 0.2) is 0 Å². The molecule has 0 saturated carbocycles. The van der Waals surface area contributed by atoms with Gasteiger partial charge in [-0.15, -0.1) is 0 Å². The Kier molecular flexibility index (Phi) is 3.30. The summed E-state index contributed by atoms with van der Waals surface area (Å²) < 4.78 is 18.8. The number of benzene rings is 1. The summed E-state index contributed by atoms with van der Waals surface area (Å²) in [5.74, 6) is -0.0389. The highest BCUT2D eigenvalue weighted by Gasteiger charge is 2.05. The monoisotopic (exact) mass is 233 g/mol. The van der Waals surface area contributed by atoms with Crippen LogP contribution in [-0.4, -0.2) is 9.97 Å². The van der Waals surface area contributed by atoms with E-state index in [2.05, 4.69) is 9.97 Å². The summed E-state index contributed by atoms with van der Waals surface area (Å²) >= 11 is 0. The normalized spacial score (nSPS) is 10.3.